The first kappa shape index (κ1) is 21.0. The highest BCUT2D eigenvalue weighted by Crippen LogP contribution is 2.14. The molecule has 0 spiro atoms. The quantitative estimate of drug-likeness (QED) is 0.594. The van der Waals surface area contributed by atoms with E-state index in [0.717, 1.165) is 44.0 Å². The molecule has 2 aromatic carbocycles. The Balaban J connectivity index is 1.25. The van der Waals surface area contributed by atoms with Crippen LogP contribution in [0.4, 0.5) is 0 Å². The maximum absolute atomic E-state index is 12.6. The van der Waals surface area contributed by atoms with Gasteiger partial charge in [0.05, 0.1) is 5.69 Å². The molecule has 0 atom stereocenters. The standard InChI is InChI=1S/C25H28N4O2/c30-24(28-18-16-27(17-19-28)20-21-8-3-1-4-9-21)12-7-15-29-25(31)14-13-23(26-29)22-10-5-2-6-11-22/h1-6,8-11,13-14H,7,12,15-20H2. The van der Waals surface area contributed by atoms with Gasteiger partial charge in [-0.3, -0.25) is 14.5 Å². The molecule has 1 fully saturated rings. The Bertz CT molecular complexity index is 1040. The number of nitrogens with zero attached hydrogens (tertiary/aromatic N) is 4. The smallest absolute Gasteiger partial charge is 0.266 e. The summed E-state index contributed by atoms with van der Waals surface area (Å²) < 4.78 is 1.47. The highest BCUT2D eigenvalue weighted by Gasteiger charge is 2.20. The molecule has 0 unspecified atom stereocenters. The van der Waals surface area contributed by atoms with Gasteiger partial charge in [-0.2, -0.15) is 5.10 Å². The third-order valence-corrected chi connectivity index (χ3v) is 5.67. The molecule has 0 radical (unpaired) electrons. The van der Waals surface area contributed by atoms with Crippen LogP contribution in [0.1, 0.15) is 18.4 Å². The molecule has 0 aliphatic carbocycles. The third-order valence-electron chi connectivity index (χ3n) is 5.67. The van der Waals surface area contributed by atoms with Crippen LogP contribution in [-0.4, -0.2) is 51.7 Å². The van der Waals surface area contributed by atoms with E-state index in [1.54, 1.807) is 12.1 Å². The number of piperazine rings is 1. The van der Waals surface area contributed by atoms with Crippen LogP contribution in [0.5, 0.6) is 0 Å². The summed E-state index contributed by atoms with van der Waals surface area (Å²) in [6.07, 6.45) is 1.04. The lowest BCUT2D eigenvalue weighted by atomic mass is 10.1. The van der Waals surface area contributed by atoms with Crippen molar-refractivity contribution >= 4 is 5.91 Å². The molecular weight excluding hydrogens is 388 g/mol. The van der Waals surface area contributed by atoms with E-state index in [0.29, 0.717) is 19.4 Å². The number of amides is 1. The fraction of sp³-hybridized carbons (Fsp3) is 0.320. The van der Waals surface area contributed by atoms with Crippen molar-refractivity contribution in [2.75, 3.05) is 26.2 Å². The van der Waals surface area contributed by atoms with Gasteiger partial charge in [0.25, 0.3) is 5.56 Å². The molecule has 6 nitrogen and oxygen atoms in total. The minimum absolute atomic E-state index is 0.137. The zero-order valence-corrected chi connectivity index (χ0v) is 17.7. The summed E-state index contributed by atoms with van der Waals surface area (Å²) in [5.74, 6) is 0.159. The second-order valence-electron chi connectivity index (χ2n) is 7.89. The van der Waals surface area contributed by atoms with Gasteiger partial charge in [-0.1, -0.05) is 60.7 Å². The van der Waals surface area contributed by atoms with Crippen LogP contribution in [0.25, 0.3) is 11.3 Å². The number of carbonyl (C=O) groups excluding carboxylic acids is 1. The normalized spacial score (nSPS) is 14.5. The molecular formula is C25H28N4O2. The first-order chi connectivity index (χ1) is 15.2. The number of carbonyl (C=O) groups is 1. The fourth-order valence-electron chi connectivity index (χ4n) is 3.91. The van der Waals surface area contributed by atoms with Crippen molar-refractivity contribution in [3.8, 4) is 11.3 Å². The van der Waals surface area contributed by atoms with Crippen molar-refractivity contribution < 1.29 is 4.79 Å². The van der Waals surface area contributed by atoms with Crippen LogP contribution >= 0.6 is 0 Å². The third kappa shape index (κ3) is 5.67. The zero-order valence-electron chi connectivity index (χ0n) is 17.7. The predicted octanol–water partition coefficient (Wildman–Crippen LogP) is 3.03. The Labute approximate surface area is 182 Å². The Morgan fingerprint density at radius 2 is 1.52 bits per heavy atom. The summed E-state index contributed by atoms with van der Waals surface area (Å²) in [6.45, 7) is 4.66. The van der Waals surface area contributed by atoms with Gasteiger partial charge >= 0.3 is 0 Å². The molecule has 31 heavy (non-hydrogen) atoms. The monoisotopic (exact) mass is 416 g/mol. The first-order valence-corrected chi connectivity index (χ1v) is 10.9. The lowest BCUT2D eigenvalue weighted by Gasteiger charge is -2.34. The summed E-state index contributed by atoms with van der Waals surface area (Å²) in [4.78, 5) is 29.1. The number of aryl methyl sites for hydroxylation is 1. The van der Waals surface area contributed by atoms with Crippen molar-refractivity contribution in [1.29, 1.82) is 0 Å². The molecule has 3 aromatic rings. The van der Waals surface area contributed by atoms with Crippen LogP contribution < -0.4 is 5.56 Å². The van der Waals surface area contributed by atoms with Crippen molar-refractivity contribution in [3.63, 3.8) is 0 Å². The Morgan fingerprint density at radius 3 is 2.23 bits per heavy atom. The Morgan fingerprint density at radius 1 is 0.839 bits per heavy atom. The van der Waals surface area contributed by atoms with Gasteiger partial charge in [-0.15, -0.1) is 0 Å². The molecule has 1 aliphatic rings. The largest absolute Gasteiger partial charge is 0.340 e. The van der Waals surface area contributed by atoms with E-state index in [9.17, 15) is 9.59 Å². The number of hydrogen-bond acceptors (Lipinski definition) is 4. The second kappa shape index (κ2) is 10.2. The highest BCUT2D eigenvalue weighted by atomic mass is 16.2. The van der Waals surface area contributed by atoms with E-state index in [1.165, 1.54) is 10.2 Å². The average Bonchev–Trinajstić information content (AvgIpc) is 2.82. The maximum atomic E-state index is 12.6. The second-order valence-corrected chi connectivity index (χ2v) is 7.89. The predicted molar refractivity (Wildman–Crippen MR) is 121 cm³/mol. The number of hydrogen-bond donors (Lipinski definition) is 0. The molecule has 0 bridgehead atoms. The van der Waals surface area contributed by atoms with E-state index >= 15 is 0 Å². The Hall–Kier alpha value is -3.25. The highest BCUT2D eigenvalue weighted by molar-refractivity contribution is 5.76. The number of benzene rings is 2. The molecule has 1 amide bonds. The molecule has 0 N–H and O–H groups in total. The number of aromatic nitrogens is 2. The summed E-state index contributed by atoms with van der Waals surface area (Å²) in [5, 5.41) is 4.47. The molecule has 4 rings (SSSR count). The van der Waals surface area contributed by atoms with Gasteiger partial charge in [0.1, 0.15) is 0 Å². The van der Waals surface area contributed by atoms with Crippen LogP contribution in [0, 0.1) is 0 Å². The number of rotatable bonds is 7. The van der Waals surface area contributed by atoms with Gasteiger partial charge in [-0.25, -0.2) is 4.68 Å². The molecule has 0 saturated carbocycles. The van der Waals surface area contributed by atoms with Gasteiger partial charge in [0, 0.05) is 57.3 Å². The maximum Gasteiger partial charge on any atom is 0.266 e. The minimum Gasteiger partial charge on any atom is -0.340 e. The topological polar surface area (TPSA) is 58.4 Å². The fourth-order valence-corrected chi connectivity index (χ4v) is 3.91. The van der Waals surface area contributed by atoms with E-state index < -0.39 is 0 Å². The Kier molecular flexibility index (Phi) is 6.89. The van der Waals surface area contributed by atoms with Crippen LogP contribution in [0.15, 0.2) is 77.6 Å². The summed E-state index contributed by atoms with van der Waals surface area (Å²) in [7, 11) is 0. The van der Waals surface area contributed by atoms with Gasteiger partial charge < -0.3 is 4.90 Å². The summed E-state index contributed by atoms with van der Waals surface area (Å²) >= 11 is 0. The van der Waals surface area contributed by atoms with Crippen LogP contribution in [-0.2, 0) is 17.9 Å². The van der Waals surface area contributed by atoms with Crippen LogP contribution in [0.3, 0.4) is 0 Å². The summed E-state index contributed by atoms with van der Waals surface area (Å²) in [6, 6.07) is 23.5. The molecule has 1 aromatic heterocycles. The van der Waals surface area contributed by atoms with Crippen molar-refractivity contribution in [3.05, 3.63) is 88.7 Å². The minimum atomic E-state index is -0.137. The van der Waals surface area contributed by atoms with Crippen LogP contribution in [0.2, 0.25) is 0 Å². The van der Waals surface area contributed by atoms with E-state index in [1.807, 2.05) is 41.3 Å². The summed E-state index contributed by atoms with van der Waals surface area (Å²) in [5.41, 5.74) is 2.90. The van der Waals surface area contributed by atoms with Crippen molar-refractivity contribution in [2.45, 2.75) is 25.9 Å². The zero-order chi connectivity index (χ0) is 21.5. The van der Waals surface area contributed by atoms with E-state index in [4.69, 9.17) is 0 Å². The van der Waals surface area contributed by atoms with Gasteiger partial charge in [0.2, 0.25) is 5.91 Å². The lowest BCUT2D eigenvalue weighted by Crippen LogP contribution is -2.48. The van der Waals surface area contributed by atoms with Crippen molar-refractivity contribution in [2.24, 2.45) is 0 Å². The lowest BCUT2D eigenvalue weighted by molar-refractivity contribution is -0.133. The molecule has 160 valence electrons. The molecule has 2 heterocycles. The molecule has 6 heteroatoms. The SMILES string of the molecule is O=C(CCCn1nc(-c2ccccc2)ccc1=O)N1CCN(Cc2ccccc2)CC1. The van der Waals surface area contributed by atoms with Gasteiger partial charge in [-0.05, 0) is 18.1 Å². The molecule has 1 saturated heterocycles. The van der Waals surface area contributed by atoms with Gasteiger partial charge in [0.15, 0.2) is 0 Å². The average molecular weight is 417 g/mol. The van der Waals surface area contributed by atoms with E-state index in [2.05, 4.69) is 34.3 Å². The van der Waals surface area contributed by atoms with E-state index in [-0.39, 0.29) is 11.5 Å². The molecule has 1 aliphatic heterocycles. The van der Waals surface area contributed by atoms with Crippen molar-refractivity contribution in [1.82, 2.24) is 19.6 Å². The first-order valence-electron chi connectivity index (χ1n) is 10.9.